The lowest BCUT2D eigenvalue weighted by molar-refractivity contribution is 0.479. The van der Waals surface area contributed by atoms with Gasteiger partial charge in [0.2, 0.25) is 0 Å². The average Bonchev–Trinajstić information content (AvgIpc) is 2.15. The smallest absolute Gasteiger partial charge is 0.0906 e. The number of hydrogen-bond acceptors (Lipinski definition) is 1. The molecular formula is C7H9NS. The standard InChI is InChI=1S/C7H9NS/c1-3-6-4-5-7(9)8(6)2/h1,6H,4-5H2,2H3. The Morgan fingerprint density at radius 1 is 1.89 bits per heavy atom. The van der Waals surface area contributed by atoms with Gasteiger partial charge in [-0.15, -0.1) is 6.42 Å². The molecule has 1 unspecified atom stereocenters. The van der Waals surface area contributed by atoms with Crippen LogP contribution in [0, 0.1) is 12.3 Å². The van der Waals surface area contributed by atoms with Crippen LogP contribution in [-0.2, 0) is 0 Å². The summed E-state index contributed by atoms with van der Waals surface area (Å²) >= 11 is 5.02. The van der Waals surface area contributed by atoms with E-state index in [-0.39, 0.29) is 6.04 Å². The van der Waals surface area contributed by atoms with Gasteiger partial charge >= 0.3 is 0 Å². The van der Waals surface area contributed by atoms with E-state index in [0.29, 0.717) is 0 Å². The molecule has 48 valence electrons. The van der Waals surface area contributed by atoms with Gasteiger partial charge in [-0.1, -0.05) is 18.1 Å². The Morgan fingerprint density at radius 3 is 2.78 bits per heavy atom. The molecule has 1 aliphatic rings. The highest BCUT2D eigenvalue weighted by molar-refractivity contribution is 7.80. The van der Waals surface area contributed by atoms with Gasteiger partial charge in [-0.3, -0.25) is 0 Å². The molecule has 0 radical (unpaired) electrons. The third-order valence-electron chi connectivity index (χ3n) is 1.68. The molecule has 9 heavy (non-hydrogen) atoms. The summed E-state index contributed by atoms with van der Waals surface area (Å²) in [4.78, 5) is 2.99. The van der Waals surface area contributed by atoms with E-state index in [9.17, 15) is 0 Å². The molecule has 1 rings (SSSR count). The van der Waals surface area contributed by atoms with Gasteiger partial charge in [-0.05, 0) is 6.42 Å². The van der Waals surface area contributed by atoms with Crippen LogP contribution < -0.4 is 0 Å². The van der Waals surface area contributed by atoms with E-state index in [0.717, 1.165) is 17.8 Å². The highest BCUT2D eigenvalue weighted by Gasteiger charge is 2.21. The van der Waals surface area contributed by atoms with Crippen molar-refractivity contribution in [3.63, 3.8) is 0 Å². The zero-order valence-corrected chi connectivity index (χ0v) is 6.24. The maximum atomic E-state index is 5.24. The maximum Gasteiger partial charge on any atom is 0.0906 e. The monoisotopic (exact) mass is 139 g/mol. The lowest BCUT2D eigenvalue weighted by Gasteiger charge is -2.14. The number of terminal acetylenes is 1. The van der Waals surface area contributed by atoms with E-state index >= 15 is 0 Å². The summed E-state index contributed by atoms with van der Waals surface area (Å²) in [6.45, 7) is 0. The predicted octanol–water partition coefficient (Wildman–Crippen LogP) is 1.04. The van der Waals surface area contributed by atoms with E-state index in [1.54, 1.807) is 0 Å². The van der Waals surface area contributed by atoms with Crippen molar-refractivity contribution in [1.82, 2.24) is 4.90 Å². The Labute approximate surface area is 61.0 Å². The Kier molecular flexibility index (Phi) is 1.73. The van der Waals surface area contributed by atoms with Gasteiger partial charge in [0.1, 0.15) is 0 Å². The molecule has 0 aromatic rings. The third-order valence-corrected chi connectivity index (χ3v) is 2.18. The summed E-state index contributed by atoms with van der Waals surface area (Å²) in [5.41, 5.74) is 0. The van der Waals surface area contributed by atoms with Crippen molar-refractivity contribution in [1.29, 1.82) is 0 Å². The number of rotatable bonds is 0. The second-order valence-electron chi connectivity index (χ2n) is 2.23. The fourth-order valence-electron chi connectivity index (χ4n) is 0.999. The summed E-state index contributed by atoms with van der Waals surface area (Å²) in [6.07, 6.45) is 7.26. The van der Waals surface area contributed by atoms with E-state index < -0.39 is 0 Å². The minimum atomic E-state index is 0.262. The molecule has 0 aliphatic carbocycles. The molecule has 1 saturated heterocycles. The molecule has 0 aromatic carbocycles. The molecule has 0 spiro atoms. The second kappa shape index (κ2) is 2.36. The van der Waals surface area contributed by atoms with Crippen LogP contribution in [0.4, 0.5) is 0 Å². The van der Waals surface area contributed by atoms with Crippen LogP contribution >= 0.6 is 12.2 Å². The number of likely N-dealkylation sites (tertiary alicyclic amines) is 1. The average molecular weight is 139 g/mol. The Bertz CT molecular complexity index is 168. The van der Waals surface area contributed by atoms with Gasteiger partial charge < -0.3 is 4.90 Å². The van der Waals surface area contributed by atoms with E-state index in [4.69, 9.17) is 18.6 Å². The van der Waals surface area contributed by atoms with Crippen molar-refractivity contribution in [2.75, 3.05) is 7.05 Å². The van der Waals surface area contributed by atoms with Crippen LogP contribution in [0.3, 0.4) is 0 Å². The Hall–Kier alpha value is -0.550. The van der Waals surface area contributed by atoms with Crippen molar-refractivity contribution >= 4 is 17.2 Å². The molecule has 0 bridgehead atoms. The second-order valence-corrected chi connectivity index (χ2v) is 2.70. The summed E-state index contributed by atoms with van der Waals surface area (Å²) in [6, 6.07) is 0.262. The molecule has 0 saturated carbocycles. The van der Waals surface area contributed by atoms with Crippen molar-refractivity contribution in [3.05, 3.63) is 0 Å². The fraction of sp³-hybridized carbons (Fsp3) is 0.571. The lowest BCUT2D eigenvalue weighted by Crippen LogP contribution is -2.25. The number of nitrogens with zero attached hydrogens (tertiary/aromatic N) is 1. The first kappa shape index (κ1) is 6.57. The first-order chi connectivity index (χ1) is 4.25. The van der Waals surface area contributed by atoms with Crippen LogP contribution in [0.1, 0.15) is 12.8 Å². The van der Waals surface area contributed by atoms with E-state index in [2.05, 4.69) is 5.92 Å². The van der Waals surface area contributed by atoms with Crippen LogP contribution in [0.2, 0.25) is 0 Å². The number of hydrogen-bond donors (Lipinski definition) is 0. The first-order valence-corrected chi connectivity index (χ1v) is 3.38. The highest BCUT2D eigenvalue weighted by Crippen LogP contribution is 2.16. The molecular weight excluding hydrogens is 130 g/mol. The summed E-state index contributed by atoms with van der Waals surface area (Å²) < 4.78 is 0. The summed E-state index contributed by atoms with van der Waals surface area (Å²) in [7, 11) is 1.96. The first-order valence-electron chi connectivity index (χ1n) is 2.97. The van der Waals surface area contributed by atoms with Gasteiger partial charge in [-0.2, -0.15) is 0 Å². The SMILES string of the molecule is C#CC1CCC(=S)N1C. The largest absolute Gasteiger partial charge is 0.355 e. The predicted molar refractivity (Wildman–Crippen MR) is 42.2 cm³/mol. The maximum absolute atomic E-state index is 5.24. The van der Waals surface area contributed by atoms with E-state index in [1.807, 2.05) is 11.9 Å². The topological polar surface area (TPSA) is 3.24 Å². The normalized spacial score (nSPS) is 26.4. The van der Waals surface area contributed by atoms with Crippen molar-refractivity contribution < 1.29 is 0 Å². The van der Waals surface area contributed by atoms with Gasteiger partial charge in [0.15, 0.2) is 0 Å². The highest BCUT2D eigenvalue weighted by atomic mass is 32.1. The third kappa shape index (κ3) is 1.06. The van der Waals surface area contributed by atoms with Gasteiger partial charge in [0, 0.05) is 13.5 Å². The van der Waals surface area contributed by atoms with Crippen LogP contribution in [0.15, 0.2) is 0 Å². The summed E-state index contributed by atoms with van der Waals surface area (Å²) in [5, 5.41) is 0. The molecule has 1 fully saturated rings. The Morgan fingerprint density at radius 2 is 2.56 bits per heavy atom. The van der Waals surface area contributed by atoms with Gasteiger partial charge in [0.25, 0.3) is 0 Å². The van der Waals surface area contributed by atoms with Gasteiger partial charge in [0.05, 0.1) is 11.0 Å². The molecule has 1 aliphatic heterocycles. The zero-order chi connectivity index (χ0) is 6.85. The molecule has 1 nitrogen and oxygen atoms in total. The van der Waals surface area contributed by atoms with Crippen molar-refractivity contribution in [2.24, 2.45) is 0 Å². The number of thiocarbonyl (C=S) groups is 1. The minimum Gasteiger partial charge on any atom is -0.355 e. The van der Waals surface area contributed by atoms with E-state index in [1.165, 1.54) is 0 Å². The Balaban J connectivity index is 2.64. The summed E-state index contributed by atoms with van der Waals surface area (Å²) in [5.74, 6) is 2.68. The van der Waals surface area contributed by atoms with Crippen molar-refractivity contribution in [3.8, 4) is 12.3 Å². The molecule has 1 atom stereocenters. The molecule has 0 aromatic heterocycles. The minimum absolute atomic E-state index is 0.262. The quantitative estimate of drug-likeness (QED) is 0.364. The van der Waals surface area contributed by atoms with Gasteiger partial charge in [-0.25, -0.2) is 0 Å². The van der Waals surface area contributed by atoms with Crippen molar-refractivity contribution in [2.45, 2.75) is 18.9 Å². The fourth-order valence-corrected chi connectivity index (χ4v) is 1.24. The van der Waals surface area contributed by atoms with Crippen LogP contribution in [0.5, 0.6) is 0 Å². The van der Waals surface area contributed by atoms with Crippen LogP contribution in [-0.4, -0.2) is 23.0 Å². The zero-order valence-electron chi connectivity index (χ0n) is 5.42. The molecule has 1 heterocycles. The lowest BCUT2D eigenvalue weighted by atomic mass is 10.2. The van der Waals surface area contributed by atoms with Crippen LogP contribution in [0.25, 0.3) is 0 Å². The molecule has 0 amide bonds. The molecule has 2 heteroatoms. The molecule has 0 N–H and O–H groups in total.